The van der Waals surface area contributed by atoms with Crippen molar-refractivity contribution in [3.05, 3.63) is 53.3 Å². The van der Waals surface area contributed by atoms with Crippen LogP contribution in [-0.4, -0.2) is 41.5 Å². The maximum Gasteiger partial charge on any atom is 0.254 e. The van der Waals surface area contributed by atoms with Crippen LogP contribution in [0.2, 0.25) is 5.02 Å². The molecular weight excluding hydrogens is 338 g/mol. The van der Waals surface area contributed by atoms with Gasteiger partial charge in [-0.15, -0.1) is 0 Å². The predicted octanol–water partition coefficient (Wildman–Crippen LogP) is 3.74. The zero-order chi connectivity index (χ0) is 17.6. The number of rotatable bonds is 6. The molecule has 1 atom stereocenters. The summed E-state index contributed by atoms with van der Waals surface area (Å²) in [4.78, 5) is 18.8. The molecule has 5 nitrogen and oxygen atoms in total. The van der Waals surface area contributed by atoms with E-state index < -0.39 is 0 Å². The third-order valence-electron chi connectivity index (χ3n) is 4.26. The fourth-order valence-corrected chi connectivity index (χ4v) is 3.23. The Morgan fingerprint density at radius 3 is 2.80 bits per heavy atom. The second-order valence-electron chi connectivity index (χ2n) is 6.08. The number of pyridine rings is 1. The van der Waals surface area contributed by atoms with E-state index in [-0.39, 0.29) is 11.9 Å². The Morgan fingerprint density at radius 2 is 2.16 bits per heavy atom. The third-order valence-corrected chi connectivity index (χ3v) is 4.55. The summed E-state index contributed by atoms with van der Waals surface area (Å²) in [6.07, 6.45) is 5.22. The second kappa shape index (κ2) is 8.32. The third kappa shape index (κ3) is 4.30. The lowest BCUT2D eigenvalue weighted by Crippen LogP contribution is -2.42. The smallest absolute Gasteiger partial charge is 0.254 e. The van der Waals surface area contributed by atoms with Crippen LogP contribution < -0.4 is 10.1 Å². The van der Waals surface area contributed by atoms with Gasteiger partial charge in [-0.05, 0) is 49.7 Å². The van der Waals surface area contributed by atoms with E-state index in [1.54, 1.807) is 42.7 Å². The van der Waals surface area contributed by atoms with Crippen LogP contribution in [0.4, 0.5) is 0 Å². The SMILES string of the molecule is CCCN(C(=O)c1ccc(Oc2ccncc2)c(Cl)c1)C1CCNC1. The van der Waals surface area contributed by atoms with Gasteiger partial charge in [-0.3, -0.25) is 9.78 Å². The Hall–Kier alpha value is -2.11. The molecule has 25 heavy (non-hydrogen) atoms. The van der Waals surface area contributed by atoms with E-state index in [0.29, 0.717) is 22.1 Å². The van der Waals surface area contributed by atoms with Crippen LogP contribution in [0.3, 0.4) is 0 Å². The van der Waals surface area contributed by atoms with E-state index >= 15 is 0 Å². The van der Waals surface area contributed by atoms with Crippen molar-refractivity contribution in [2.24, 2.45) is 0 Å². The lowest BCUT2D eigenvalue weighted by Gasteiger charge is -2.28. The average Bonchev–Trinajstić information content (AvgIpc) is 3.16. The van der Waals surface area contributed by atoms with E-state index in [2.05, 4.69) is 17.2 Å². The number of halogens is 1. The van der Waals surface area contributed by atoms with Crippen molar-refractivity contribution in [2.75, 3.05) is 19.6 Å². The van der Waals surface area contributed by atoms with Crippen molar-refractivity contribution in [1.29, 1.82) is 0 Å². The predicted molar refractivity (Wildman–Crippen MR) is 98.4 cm³/mol. The number of ether oxygens (including phenoxy) is 1. The summed E-state index contributed by atoms with van der Waals surface area (Å²) in [6.45, 7) is 4.64. The summed E-state index contributed by atoms with van der Waals surface area (Å²) in [5.74, 6) is 1.20. The molecular formula is C19H22ClN3O2. The highest BCUT2D eigenvalue weighted by molar-refractivity contribution is 6.32. The average molecular weight is 360 g/mol. The maximum atomic E-state index is 12.9. The van der Waals surface area contributed by atoms with Crippen molar-refractivity contribution < 1.29 is 9.53 Å². The molecule has 1 amide bonds. The maximum absolute atomic E-state index is 12.9. The Bertz CT molecular complexity index is 718. The zero-order valence-electron chi connectivity index (χ0n) is 14.2. The molecule has 1 aromatic carbocycles. The number of nitrogens with zero attached hydrogens (tertiary/aromatic N) is 2. The summed E-state index contributed by atoms with van der Waals surface area (Å²) in [5.41, 5.74) is 0.590. The topological polar surface area (TPSA) is 54.5 Å². The molecule has 6 heteroatoms. The number of carbonyl (C=O) groups excluding carboxylic acids is 1. The molecule has 1 unspecified atom stereocenters. The van der Waals surface area contributed by atoms with Crippen LogP contribution in [0.1, 0.15) is 30.1 Å². The van der Waals surface area contributed by atoms with Crippen molar-refractivity contribution in [2.45, 2.75) is 25.8 Å². The van der Waals surface area contributed by atoms with E-state index in [1.165, 1.54) is 0 Å². The van der Waals surface area contributed by atoms with Crippen LogP contribution in [0.25, 0.3) is 0 Å². The highest BCUT2D eigenvalue weighted by atomic mass is 35.5. The second-order valence-corrected chi connectivity index (χ2v) is 6.48. The van der Waals surface area contributed by atoms with Crippen molar-refractivity contribution in [3.63, 3.8) is 0 Å². The molecule has 1 aliphatic rings. The molecule has 1 aromatic heterocycles. The monoisotopic (exact) mass is 359 g/mol. The molecule has 0 saturated carbocycles. The summed E-state index contributed by atoms with van der Waals surface area (Å²) in [6, 6.07) is 8.96. The number of aromatic nitrogens is 1. The zero-order valence-corrected chi connectivity index (χ0v) is 15.0. The minimum atomic E-state index is 0.0212. The first-order valence-corrected chi connectivity index (χ1v) is 8.96. The molecule has 1 aliphatic heterocycles. The van der Waals surface area contributed by atoms with Crippen molar-refractivity contribution >= 4 is 17.5 Å². The minimum Gasteiger partial charge on any atom is -0.456 e. The van der Waals surface area contributed by atoms with Gasteiger partial charge in [0.25, 0.3) is 5.91 Å². The molecule has 2 heterocycles. The molecule has 0 radical (unpaired) electrons. The van der Waals surface area contributed by atoms with E-state index in [0.717, 1.165) is 32.5 Å². The summed E-state index contributed by atoms with van der Waals surface area (Å²) < 4.78 is 5.74. The first-order valence-electron chi connectivity index (χ1n) is 8.58. The standard InChI is InChI=1S/C19H22ClN3O2/c1-2-11-23(15-5-8-22-13-15)19(24)14-3-4-18(17(20)12-14)25-16-6-9-21-10-7-16/h3-4,6-7,9-10,12,15,22H,2,5,8,11,13H2,1H3. The highest BCUT2D eigenvalue weighted by Crippen LogP contribution is 2.30. The number of amides is 1. The first kappa shape index (κ1) is 17.7. The Kier molecular flexibility index (Phi) is 5.89. The molecule has 1 saturated heterocycles. The van der Waals surface area contributed by atoms with Crippen LogP contribution in [0.5, 0.6) is 11.5 Å². The molecule has 0 bridgehead atoms. The molecule has 0 aliphatic carbocycles. The van der Waals surface area contributed by atoms with Crippen LogP contribution in [0.15, 0.2) is 42.7 Å². The first-order chi connectivity index (χ1) is 12.2. The minimum absolute atomic E-state index is 0.0212. The largest absolute Gasteiger partial charge is 0.456 e. The lowest BCUT2D eigenvalue weighted by molar-refractivity contribution is 0.0692. The molecule has 3 rings (SSSR count). The number of benzene rings is 1. The Labute approximate surface area is 153 Å². The number of hydrogen-bond donors (Lipinski definition) is 1. The van der Waals surface area contributed by atoms with E-state index in [1.807, 2.05) is 4.90 Å². The summed E-state index contributed by atoms with van der Waals surface area (Å²) in [5, 5.41) is 3.74. The van der Waals surface area contributed by atoms with E-state index in [4.69, 9.17) is 16.3 Å². The van der Waals surface area contributed by atoms with Gasteiger partial charge in [0.05, 0.1) is 5.02 Å². The number of carbonyl (C=O) groups is 1. The van der Waals surface area contributed by atoms with Crippen LogP contribution in [-0.2, 0) is 0 Å². The molecule has 0 spiro atoms. The molecule has 132 valence electrons. The van der Waals surface area contributed by atoms with Crippen molar-refractivity contribution in [1.82, 2.24) is 15.2 Å². The molecule has 2 aromatic rings. The number of nitrogens with one attached hydrogen (secondary N) is 1. The van der Waals surface area contributed by atoms with Gasteiger partial charge < -0.3 is 15.0 Å². The highest BCUT2D eigenvalue weighted by Gasteiger charge is 2.27. The van der Waals surface area contributed by atoms with Gasteiger partial charge in [0, 0.05) is 37.1 Å². The van der Waals surface area contributed by atoms with Crippen LogP contribution in [0, 0.1) is 0 Å². The molecule has 1 N–H and O–H groups in total. The lowest BCUT2D eigenvalue weighted by atomic mass is 10.1. The van der Waals surface area contributed by atoms with Gasteiger partial charge in [0.15, 0.2) is 0 Å². The fourth-order valence-electron chi connectivity index (χ4n) is 3.01. The van der Waals surface area contributed by atoms with Crippen LogP contribution >= 0.6 is 11.6 Å². The molecule has 1 fully saturated rings. The quantitative estimate of drug-likeness (QED) is 0.853. The normalized spacial score (nSPS) is 16.6. The van der Waals surface area contributed by atoms with Gasteiger partial charge in [0.2, 0.25) is 0 Å². The van der Waals surface area contributed by atoms with Gasteiger partial charge in [0.1, 0.15) is 11.5 Å². The van der Waals surface area contributed by atoms with Gasteiger partial charge in [-0.1, -0.05) is 18.5 Å². The summed E-state index contributed by atoms with van der Waals surface area (Å²) >= 11 is 6.34. The van der Waals surface area contributed by atoms with Gasteiger partial charge in [-0.25, -0.2) is 0 Å². The Balaban J connectivity index is 1.77. The van der Waals surface area contributed by atoms with E-state index in [9.17, 15) is 4.79 Å². The number of hydrogen-bond acceptors (Lipinski definition) is 4. The fraction of sp³-hybridized carbons (Fsp3) is 0.368. The van der Waals surface area contributed by atoms with Gasteiger partial charge in [-0.2, -0.15) is 0 Å². The summed E-state index contributed by atoms with van der Waals surface area (Å²) in [7, 11) is 0. The Morgan fingerprint density at radius 1 is 1.36 bits per heavy atom. The van der Waals surface area contributed by atoms with Gasteiger partial charge >= 0.3 is 0 Å². The van der Waals surface area contributed by atoms with Crippen molar-refractivity contribution in [3.8, 4) is 11.5 Å².